The lowest BCUT2D eigenvalue weighted by atomic mass is 10.2. The zero-order chi connectivity index (χ0) is 12.5. The van der Waals surface area contributed by atoms with Crippen LogP contribution in [0.1, 0.15) is 26.7 Å². The van der Waals surface area contributed by atoms with Gasteiger partial charge in [-0.3, -0.25) is 0 Å². The molecule has 0 amide bonds. The Bertz CT molecular complexity index is 315. The molecule has 0 atom stereocenters. The summed E-state index contributed by atoms with van der Waals surface area (Å²) < 4.78 is 5.62. The summed E-state index contributed by atoms with van der Waals surface area (Å²) in [6.45, 7) is 5.31. The van der Waals surface area contributed by atoms with Crippen molar-refractivity contribution in [1.82, 2.24) is 0 Å². The average molecular weight is 253 g/mol. The second-order valence-electron chi connectivity index (χ2n) is 4.57. The lowest BCUT2D eigenvalue weighted by molar-refractivity contribution is 0.319. The molecule has 1 aromatic rings. The predicted octanol–water partition coefficient (Wildman–Crippen LogP) is 3.82. The Morgan fingerprint density at radius 1 is 1.29 bits per heavy atom. The first-order valence-corrected chi connectivity index (χ1v) is 7.40. The summed E-state index contributed by atoms with van der Waals surface area (Å²) in [5.74, 6) is 4.12. The van der Waals surface area contributed by atoms with Gasteiger partial charge in [-0.05, 0) is 42.4 Å². The lowest BCUT2D eigenvalue weighted by Gasteiger charge is -2.07. The summed E-state index contributed by atoms with van der Waals surface area (Å²) in [7, 11) is 0. The molecule has 0 radical (unpaired) electrons. The molecule has 0 bridgehead atoms. The second kappa shape index (κ2) is 8.29. The number of hydrogen-bond donors (Lipinski definition) is 1. The van der Waals surface area contributed by atoms with E-state index in [0.29, 0.717) is 0 Å². The topological polar surface area (TPSA) is 35.2 Å². The molecule has 0 fully saturated rings. The molecular formula is C14H23NOS. The van der Waals surface area contributed by atoms with Gasteiger partial charge in [0.05, 0.1) is 6.61 Å². The maximum absolute atomic E-state index is 5.67. The fraction of sp³-hybridized carbons (Fsp3) is 0.571. The fourth-order valence-electron chi connectivity index (χ4n) is 1.38. The summed E-state index contributed by atoms with van der Waals surface area (Å²) in [4.78, 5) is 0. The van der Waals surface area contributed by atoms with Crippen LogP contribution in [0.3, 0.4) is 0 Å². The first-order chi connectivity index (χ1) is 8.18. The van der Waals surface area contributed by atoms with Crippen LogP contribution >= 0.6 is 11.8 Å². The van der Waals surface area contributed by atoms with Crippen molar-refractivity contribution in [2.75, 3.05) is 23.8 Å². The highest BCUT2D eigenvalue weighted by Crippen LogP contribution is 2.15. The van der Waals surface area contributed by atoms with E-state index in [-0.39, 0.29) is 0 Å². The minimum atomic E-state index is 0.758. The summed E-state index contributed by atoms with van der Waals surface area (Å²) in [5, 5.41) is 0. The van der Waals surface area contributed by atoms with Crippen molar-refractivity contribution in [3.05, 3.63) is 24.3 Å². The molecule has 2 N–H and O–H groups in total. The van der Waals surface area contributed by atoms with Gasteiger partial charge in [0.15, 0.2) is 0 Å². The molecule has 17 heavy (non-hydrogen) atoms. The van der Waals surface area contributed by atoms with E-state index in [1.807, 2.05) is 36.0 Å². The van der Waals surface area contributed by atoms with Crippen molar-refractivity contribution in [1.29, 1.82) is 0 Å². The lowest BCUT2D eigenvalue weighted by Crippen LogP contribution is -2.00. The minimum absolute atomic E-state index is 0.758. The van der Waals surface area contributed by atoms with Crippen LogP contribution in [-0.4, -0.2) is 18.1 Å². The van der Waals surface area contributed by atoms with Gasteiger partial charge in [-0.1, -0.05) is 19.9 Å². The van der Waals surface area contributed by atoms with E-state index in [2.05, 4.69) is 13.8 Å². The van der Waals surface area contributed by atoms with Crippen LogP contribution in [0.4, 0.5) is 5.69 Å². The number of thioether (sulfide) groups is 1. The predicted molar refractivity (Wildman–Crippen MR) is 77.7 cm³/mol. The zero-order valence-electron chi connectivity index (χ0n) is 10.8. The molecule has 2 nitrogen and oxygen atoms in total. The fourth-order valence-corrected chi connectivity index (χ4v) is 2.54. The maximum Gasteiger partial charge on any atom is 0.121 e. The van der Waals surface area contributed by atoms with Gasteiger partial charge in [-0.25, -0.2) is 0 Å². The molecule has 0 unspecified atom stereocenters. The van der Waals surface area contributed by atoms with E-state index in [4.69, 9.17) is 10.5 Å². The molecule has 0 aliphatic rings. The van der Waals surface area contributed by atoms with Gasteiger partial charge in [-0.15, -0.1) is 0 Å². The highest BCUT2D eigenvalue weighted by molar-refractivity contribution is 7.99. The van der Waals surface area contributed by atoms with Crippen molar-refractivity contribution >= 4 is 17.4 Å². The van der Waals surface area contributed by atoms with Gasteiger partial charge < -0.3 is 10.5 Å². The molecule has 0 saturated carbocycles. The van der Waals surface area contributed by atoms with Crippen molar-refractivity contribution in [3.63, 3.8) is 0 Å². The van der Waals surface area contributed by atoms with Gasteiger partial charge in [-0.2, -0.15) is 11.8 Å². The third-order valence-corrected chi connectivity index (χ3v) is 3.50. The Kier molecular flexibility index (Phi) is 6.94. The van der Waals surface area contributed by atoms with Gasteiger partial charge in [0.2, 0.25) is 0 Å². The Morgan fingerprint density at radius 3 is 2.82 bits per heavy atom. The summed E-state index contributed by atoms with van der Waals surface area (Å²) in [6.07, 6.45) is 2.40. The van der Waals surface area contributed by atoms with Crippen LogP contribution in [0, 0.1) is 5.92 Å². The summed E-state index contributed by atoms with van der Waals surface area (Å²) >= 11 is 2.02. The number of hydrogen-bond acceptors (Lipinski definition) is 3. The van der Waals surface area contributed by atoms with Crippen LogP contribution in [0.15, 0.2) is 24.3 Å². The average Bonchev–Trinajstić information content (AvgIpc) is 2.27. The van der Waals surface area contributed by atoms with Gasteiger partial charge in [0, 0.05) is 11.8 Å². The highest BCUT2D eigenvalue weighted by Gasteiger charge is 1.96. The van der Waals surface area contributed by atoms with Crippen LogP contribution in [0.5, 0.6) is 5.75 Å². The Labute approximate surface area is 109 Å². The van der Waals surface area contributed by atoms with Gasteiger partial charge in [0.25, 0.3) is 0 Å². The molecule has 1 aromatic carbocycles. The van der Waals surface area contributed by atoms with Crippen LogP contribution in [0.2, 0.25) is 0 Å². The maximum atomic E-state index is 5.67. The van der Waals surface area contributed by atoms with Crippen LogP contribution < -0.4 is 10.5 Å². The van der Waals surface area contributed by atoms with Crippen molar-refractivity contribution in [2.24, 2.45) is 5.92 Å². The monoisotopic (exact) mass is 253 g/mol. The Balaban J connectivity index is 2.01. The van der Waals surface area contributed by atoms with Crippen molar-refractivity contribution in [3.8, 4) is 5.75 Å². The molecule has 0 aromatic heterocycles. The van der Waals surface area contributed by atoms with E-state index in [1.54, 1.807) is 0 Å². The van der Waals surface area contributed by atoms with E-state index in [1.165, 1.54) is 17.9 Å². The molecule has 0 aliphatic heterocycles. The third kappa shape index (κ3) is 7.16. The first kappa shape index (κ1) is 14.2. The molecule has 1 rings (SSSR count). The van der Waals surface area contributed by atoms with E-state index in [0.717, 1.165) is 30.4 Å². The molecule has 0 heterocycles. The number of anilines is 1. The standard InChI is InChI=1S/C14H23NOS/c1-12(2)7-10-17-9-4-8-16-14-6-3-5-13(15)11-14/h3,5-6,11-12H,4,7-10,15H2,1-2H3. The molecule has 3 heteroatoms. The number of ether oxygens (including phenoxy) is 1. The minimum Gasteiger partial charge on any atom is -0.493 e. The molecular weight excluding hydrogens is 230 g/mol. The number of rotatable bonds is 8. The van der Waals surface area contributed by atoms with Crippen LogP contribution in [-0.2, 0) is 0 Å². The molecule has 0 spiro atoms. The molecule has 96 valence electrons. The molecule has 0 saturated heterocycles. The highest BCUT2D eigenvalue weighted by atomic mass is 32.2. The summed E-state index contributed by atoms with van der Waals surface area (Å²) in [5.41, 5.74) is 6.43. The SMILES string of the molecule is CC(C)CCSCCCOc1cccc(N)c1. The quantitative estimate of drug-likeness (QED) is 0.565. The largest absolute Gasteiger partial charge is 0.493 e. The third-order valence-electron chi connectivity index (χ3n) is 2.40. The van der Waals surface area contributed by atoms with Crippen molar-refractivity contribution < 1.29 is 4.74 Å². The number of benzene rings is 1. The molecule has 0 aliphatic carbocycles. The smallest absolute Gasteiger partial charge is 0.121 e. The number of nitrogens with two attached hydrogens (primary N) is 1. The van der Waals surface area contributed by atoms with Gasteiger partial charge >= 0.3 is 0 Å². The van der Waals surface area contributed by atoms with Crippen LogP contribution in [0.25, 0.3) is 0 Å². The number of nitrogen functional groups attached to an aromatic ring is 1. The summed E-state index contributed by atoms with van der Waals surface area (Å²) in [6, 6.07) is 7.60. The first-order valence-electron chi connectivity index (χ1n) is 6.24. The van der Waals surface area contributed by atoms with Crippen molar-refractivity contribution in [2.45, 2.75) is 26.7 Å². The van der Waals surface area contributed by atoms with E-state index in [9.17, 15) is 0 Å². The zero-order valence-corrected chi connectivity index (χ0v) is 11.6. The Hall–Kier alpha value is -0.830. The van der Waals surface area contributed by atoms with Gasteiger partial charge in [0.1, 0.15) is 5.75 Å². The van der Waals surface area contributed by atoms with E-state index < -0.39 is 0 Å². The second-order valence-corrected chi connectivity index (χ2v) is 5.79. The normalized spacial score (nSPS) is 10.8. The van der Waals surface area contributed by atoms with E-state index >= 15 is 0 Å². The Morgan fingerprint density at radius 2 is 2.12 bits per heavy atom.